The highest BCUT2D eigenvalue weighted by atomic mass is 16.5. The minimum absolute atomic E-state index is 0.318. The van der Waals surface area contributed by atoms with Gasteiger partial charge in [0.05, 0.1) is 7.11 Å². The number of nitrogens with zero attached hydrogens (tertiary/aromatic N) is 3. The number of ether oxygens (including phenoxy) is 2. The number of fused-ring (bicyclic) bond motifs is 1. The second-order valence-corrected chi connectivity index (χ2v) is 7.32. The van der Waals surface area contributed by atoms with Crippen LogP contribution in [0.3, 0.4) is 0 Å². The van der Waals surface area contributed by atoms with Crippen LogP contribution in [0, 0.1) is 6.92 Å². The molecule has 3 aromatic rings. The van der Waals surface area contributed by atoms with Crippen molar-refractivity contribution >= 4 is 0 Å². The Kier molecular flexibility index (Phi) is 5.26. The Bertz CT molecular complexity index is 959. The summed E-state index contributed by atoms with van der Waals surface area (Å²) in [5, 5.41) is 0. The lowest BCUT2D eigenvalue weighted by molar-refractivity contribution is 0.151. The SMILES string of the molecule is COc1ccc(CN2Cc3cc(-c4cncnc4)ccc3OC[C@H]2C)cc1C. The summed E-state index contributed by atoms with van der Waals surface area (Å²) < 4.78 is 11.5. The molecule has 28 heavy (non-hydrogen) atoms. The highest BCUT2D eigenvalue weighted by Gasteiger charge is 2.22. The molecular formula is C23H25N3O2. The molecule has 0 aliphatic carbocycles. The summed E-state index contributed by atoms with van der Waals surface area (Å²) in [7, 11) is 1.71. The van der Waals surface area contributed by atoms with Crippen LogP contribution in [0.2, 0.25) is 0 Å². The first kappa shape index (κ1) is 18.4. The van der Waals surface area contributed by atoms with Crippen LogP contribution >= 0.6 is 0 Å². The normalized spacial score (nSPS) is 16.8. The van der Waals surface area contributed by atoms with Gasteiger partial charge in [-0.2, -0.15) is 0 Å². The molecule has 0 radical (unpaired) electrons. The molecule has 0 saturated carbocycles. The molecule has 1 aliphatic rings. The van der Waals surface area contributed by atoms with Gasteiger partial charge < -0.3 is 9.47 Å². The first-order chi connectivity index (χ1) is 13.6. The van der Waals surface area contributed by atoms with Crippen molar-refractivity contribution in [1.29, 1.82) is 0 Å². The molecule has 1 atom stereocenters. The summed E-state index contributed by atoms with van der Waals surface area (Å²) in [6, 6.07) is 13.0. The zero-order chi connectivity index (χ0) is 19.5. The lowest BCUT2D eigenvalue weighted by atomic mass is 10.0. The third kappa shape index (κ3) is 3.85. The Morgan fingerprint density at radius 2 is 1.93 bits per heavy atom. The lowest BCUT2D eigenvalue weighted by Crippen LogP contribution is -2.34. The van der Waals surface area contributed by atoms with Gasteiger partial charge in [-0.25, -0.2) is 9.97 Å². The number of methoxy groups -OCH3 is 1. The molecular weight excluding hydrogens is 350 g/mol. The van der Waals surface area contributed by atoms with E-state index in [1.807, 2.05) is 18.5 Å². The molecule has 0 spiro atoms. The maximum atomic E-state index is 6.09. The van der Waals surface area contributed by atoms with Crippen LogP contribution in [-0.4, -0.2) is 34.6 Å². The van der Waals surface area contributed by atoms with Crippen LogP contribution in [0.25, 0.3) is 11.1 Å². The van der Waals surface area contributed by atoms with E-state index in [0.717, 1.165) is 41.3 Å². The van der Waals surface area contributed by atoms with E-state index in [1.165, 1.54) is 11.1 Å². The number of aryl methyl sites for hydroxylation is 1. The maximum absolute atomic E-state index is 6.09. The smallest absolute Gasteiger partial charge is 0.123 e. The van der Waals surface area contributed by atoms with Crippen molar-refractivity contribution in [2.24, 2.45) is 0 Å². The Morgan fingerprint density at radius 3 is 2.68 bits per heavy atom. The maximum Gasteiger partial charge on any atom is 0.123 e. The number of benzene rings is 2. The number of rotatable bonds is 4. The van der Waals surface area contributed by atoms with Gasteiger partial charge in [-0.05, 0) is 48.7 Å². The molecule has 1 aromatic heterocycles. The molecule has 4 rings (SSSR count). The van der Waals surface area contributed by atoms with Crippen LogP contribution in [-0.2, 0) is 13.1 Å². The second kappa shape index (κ2) is 7.98. The molecule has 2 aromatic carbocycles. The molecule has 1 aliphatic heterocycles. The average molecular weight is 375 g/mol. The lowest BCUT2D eigenvalue weighted by Gasteiger charge is -2.26. The van der Waals surface area contributed by atoms with Crippen LogP contribution < -0.4 is 9.47 Å². The standard InChI is InChI=1S/C23H25N3O2/c1-16-8-18(4-6-22(16)27-3)12-26-13-20-9-19(21-10-24-15-25-11-21)5-7-23(20)28-14-17(26)2/h4-11,15,17H,12-14H2,1-3H3/t17-/m1/s1. The van der Waals surface area contributed by atoms with Crippen molar-refractivity contribution in [3.05, 3.63) is 71.8 Å². The van der Waals surface area contributed by atoms with Gasteiger partial charge in [0.25, 0.3) is 0 Å². The van der Waals surface area contributed by atoms with E-state index in [1.54, 1.807) is 13.4 Å². The van der Waals surface area contributed by atoms with Crippen molar-refractivity contribution in [1.82, 2.24) is 14.9 Å². The highest BCUT2D eigenvalue weighted by molar-refractivity contribution is 5.64. The molecule has 144 valence electrons. The van der Waals surface area contributed by atoms with E-state index < -0.39 is 0 Å². The second-order valence-electron chi connectivity index (χ2n) is 7.32. The average Bonchev–Trinajstić information content (AvgIpc) is 2.87. The van der Waals surface area contributed by atoms with Crippen molar-refractivity contribution in [2.45, 2.75) is 33.0 Å². The zero-order valence-corrected chi connectivity index (χ0v) is 16.6. The van der Waals surface area contributed by atoms with Crippen LogP contribution in [0.1, 0.15) is 23.6 Å². The molecule has 0 N–H and O–H groups in total. The van der Waals surface area contributed by atoms with Crippen molar-refractivity contribution in [3.63, 3.8) is 0 Å². The topological polar surface area (TPSA) is 47.5 Å². The molecule has 0 fully saturated rings. The van der Waals surface area contributed by atoms with Gasteiger partial charge in [0.2, 0.25) is 0 Å². The Morgan fingerprint density at radius 1 is 1.11 bits per heavy atom. The van der Waals surface area contributed by atoms with E-state index in [9.17, 15) is 0 Å². The molecule has 0 saturated heterocycles. The molecule has 5 nitrogen and oxygen atoms in total. The first-order valence-corrected chi connectivity index (χ1v) is 9.52. The van der Waals surface area contributed by atoms with Gasteiger partial charge in [-0.1, -0.05) is 18.2 Å². The zero-order valence-electron chi connectivity index (χ0n) is 16.6. The Balaban J connectivity index is 1.60. The van der Waals surface area contributed by atoms with Gasteiger partial charge in [-0.15, -0.1) is 0 Å². The number of hydrogen-bond acceptors (Lipinski definition) is 5. The minimum Gasteiger partial charge on any atom is -0.496 e. The molecule has 5 heteroatoms. The largest absolute Gasteiger partial charge is 0.496 e. The third-order valence-electron chi connectivity index (χ3n) is 5.28. The van der Waals surface area contributed by atoms with Gasteiger partial charge >= 0.3 is 0 Å². The number of aromatic nitrogens is 2. The predicted octanol–water partition coefficient (Wildman–Crippen LogP) is 4.24. The van der Waals surface area contributed by atoms with Crippen LogP contribution in [0.15, 0.2) is 55.1 Å². The quantitative estimate of drug-likeness (QED) is 0.682. The van der Waals surface area contributed by atoms with E-state index in [4.69, 9.17) is 9.47 Å². The fraction of sp³-hybridized carbons (Fsp3) is 0.304. The van der Waals surface area contributed by atoms with Gasteiger partial charge in [0, 0.05) is 42.7 Å². The molecule has 2 heterocycles. The Labute approximate surface area is 166 Å². The minimum atomic E-state index is 0.318. The Hall–Kier alpha value is -2.92. The third-order valence-corrected chi connectivity index (χ3v) is 5.28. The summed E-state index contributed by atoms with van der Waals surface area (Å²) in [5.74, 6) is 1.89. The summed E-state index contributed by atoms with van der Waals surface area (Å²) >= 11 is 0. The summed E-state index contributed by atoms with van der Waals surface area (Å²) in [6.07, 6.45) is 5.23. The predicted molar refractivity (Wildman–Crippen MR) is 109 cm³/mol. The van der Waals surface area contributed by atoms with Crippen molar-refractivity contribution in [3.8, 4) is 22.6 Å². The highest BCUT2D eigenvalue weighted by Crippen LogP contribution is 2.31. The van der Waals surface area contributed by atoms with Gasteiger partial charge in [0.1, 0.15) is 24.4 Å². The van der Waals surface area contributed by atoms with Crippen LogP contribution in [0.5, 0.6) is 11.5 Å². The summed E-state index contributed by atoms with van der Waals surface area (Å²) in [4.78, 5) is 10.7. The monoisotopic (exact) mass is 375 g/mol. The van der Waals surface area contributed by atoms with Crippen LogP contribution in [0.4, 0.5) is 0 Å². The van der Waals surface area contributed by atoms with Crippen molar-refractivity contribution in [2.75, 3.05) is 13.7 Å². The van der Waals surface area contributed by atoms with E-state index >= 15 is 0 Å². The first-order valence-electron chi connectivity index (χ1n) is 9.52. The summed E-state index contributed by atoms with van der Waals surface area (Å²) in [6.45, 7) is 6.68. The molecule has 0 amide bonds. The van der Waals surface area contributed by atoms with Gasteiger partial charge in [-0.3, -0.25) is 4.90 Å². The van der Waals surface area contributed by atoms with E-state index in [2.05, 4.69) is 59.0 Å². The molecule has 0 bridgehead atoms. The van der Waals surface area contributed by atoms with Crippen molar-refractivity contribution < 1.29 is 9.47 Å². The summed E-state index contributed by atoms with van der Waals surface area (Å²) in [5.41, 5.74) is 5.75. The molecule has 0 unspecified atom stereocenters. The van der Waals surface area contributed by atoms with E-state index in [0.29, 0.717) is 12.6 Å². The van der Waals surface area contributed by atoms with Gasteiger partial charge in [0.15, 0.2) is 0 Å². The number of hydrogen-bond donors (Lipinski definition) is 0. The fourth-order valence-electron chi connectivity index (χ4n) is 3.65. The van der Waals surface area contributed by atoms with E-state index in [-0.39, 0.29) is 0 Å². The fourth-order valence-corrected chi connectivity index (χ4v) is 3.65.